The predicted molar refractivity (Wildman–Crippen MR) is 93.3 cm³/mol. The van der Waals surface area contributed by atoms with Gasteiger partial charge in [0, 0.05) is 18.9 Å². The van der Waals surface area contributed by atoms with Gasteiger partial charge in [-0.1, -0.05) is 53.5 Å². The zero-order valence-electron chi connectivity index (χ0n) is 12.5. The molecule has 1 amide bonds. The Hall–Kier alpha value is -1.55. The van der Waals surface area contributed by atoms with Gasteiger partial charge in [-0.2, -0.15) is 0 Å². The van der Waals surface area contributed by atoms with Crippen molar-refractivity contribution < 1.29 is 9.53 Å². The molecule has 1 fully saturated rings. The van der Waals surface area contributed by atoms with E-state index >= 15 is 0 Å². The summed E-state index contributed by atoms with van der Waals surface area (Å²) in [5, 5.41) is 3.87. The lowest BCUT2D eigenvalue weighted by Gasteiger charge is -2.36. The number of halogens is 2. The van der Waals surface area contributed by atoms with Crippen molar-refractivity contribution in [1.82, 2.24) is 0 Å². The average molecular weight is 350 g/mol. The first kappa shape index (κ1) is 16.3. The first-order valence-corrected chi connectivity index (χ1v) is 8.27. The van der Waals surface area contributed by atoms with E-state index in [0.717, 1.165) is 5.56 Å². The standard InChI is InChI=1S/C18H17Cl2NO2/c19-15-7-6-14(12-16(15)20)21-17(22)18(8-10-23-11-9-18)13-4-2-1-3-5-13/h1-7,12H,8-11H2,(H,21,22). The van der Waals surface area contributed by atoms with Crippen molar-refractivity contribution >= 4 is 34.8 Å². The summed E-state index contributed by atoms with van der Waals surface area (Å²) in [6.45, 7) is 1.15. The molecule has 1 aliphatic rings. The van der Waals surface area contributed by atoms with E-state index in [2.05, 4.69) is 5.32 Å². The fourth-order valence-electron chi connectivity index (χ4n) is 2.95. The highest BCUT2D eigenvalue weighted by molar-refractivity contribution is 6.42. The van der Waals surface area contributed by atoms with Crippen LogP contribution in [0.4, 0.5) is 5.69 Å². The Bertz CT molecular complexity index is 697. The number of ether oxygens (including phenoxy) is 1. The first-order chi connectivity index (χ1) is 11.1. The van der Waals surface area contributed by atoms with Crippen LogP contribution in [0.25, 0.3) is 0 Å². The number of benzene rings is 2. The molecule has 0 bridgehead atoms. The Balaban J connectivity index is 1.90. The predicted octanol–water partition coefficient (Wildman–Crippen LogP) is 4.68. The van der Waals surface area contributed by atoms with Gasteiger partial charge >= 0.3 is 0 Å². The van der Waals surface area contributed by atoms with Gasteiger partial charge < -0.3 is 10.1 Å². The summed E-state index contributed by atoms with van der Waals surface area (Å²) < 4.78 is 5.46. The van der Waals surface area contributed by atoms with E-state index in [4.69, 9.17) is 27.9 Å². The summed E-state index contributed by atoms with van der Waals surface area (Å²) in [5.74, 6) is -0.0367. The highest BCUT2D eigenvalue weighted by Crippen LogP contribution is 2.36. The molecule has 1 N–H and O–H groups in total. The molecule has 0 saturated carbocycles. The van der Waals surface area contributed by atoms with E-state index in [-0.39, 0.29) is 5.91 Å². The van der Waals surface area contributed by atoms with Crippen molar-refractivity contribution in [3.63, 3.8) is 0 Å². The van der Waals surface area contributed by atoms with Gasteiger partial charge in [0.05, 0.1) is 15.5 Å². The summed E-state index contributed by atoms with van der Waals surface area (Å²) in [5.41, 5.74) is 1.08. The van der Waals surface area contributed by atoms with E-state index in [0.29, 0.717) is 41.8 Å². The number of anilines is 1. The summed E-state index contributed by atoms with van der Waals surface area (Å²) in [6, 6.07) is 15.0. The lowest BCUT2D eigenvalue weighted by Crippen LogP contribution is -2.44. The van der Waals surface area contributed by atoms with E-state index in [9.17, 15) is 4.79 Å². The van der Waals surface area contributed by atoms with Crippen molar-refractivity contribution in [2.24, 2.45) is 0 Å². The average Bonchev–Trinajstić information content (AvgIpc) is 2.59. The lowest BCUT2D eigenvalue weighted by molar-refractivity contribution is -0.125. The number of carbonyl (C=O) groups excluding carboxylic acids is 1. The van der Waals surface area contributed by atoms with Crippen molar-refractivity contribution in [3.05, 3.63) is 64.1 Å². The van der Waals surface area contributed by atoms with Crippen LogP contribution in [-0.4, -0.2) is 19.1 Å². The molecule has 5 heteroatoms. The molecule has 1 aliphatic heterocycles. The second kappa shape index (κ2) is 6.91. The smallest absolute Gasteiger partial charge is 0.235 e. The number of rotatable bonds is 3. The minimum atomic E-state index is -0.578. The molecule has 3 nitrogen and oxygen atoms in total. The second-order valence-corrected chi connectivity index (χ2v) is 6.46. The van der Waals surface area contributed by atoms with Crippen LogP contribution < -0.4 is 5.32 Å². The summed E-state index contributed by atoms with van der Waals surface area (Å²) >= 11 is 12.0. The van der Waals surface area contributed by atoms with Gasteiger partial charge in [-0.05, 0) is 36.6 Å². The molecule has 0 unspecified atom stereocenters. The zero-order valence-corrected chi connectivity index (χ0v) is 14.0. The highest BCUT2D eigenvalue weighted by Gasteiger charge is 2.41. The van der Waals surface area contributed by atoms with Crippen LogP contribution in [0.3, 0.4) is 0 Å². The van der Waals surface area contributed by atoms with Crippen molar-refractivity contribution in [1.29, 1.82) is 0 Å². The van der Waals surface area contributed by atoms with Gasteiger partial charge in [0.1, 0.15) is 0 Å². The Morgan fingerprint density at radius 2 is 1.70 bits per heavy atom. The van der Waals surface area contributed by atoms with E-state index in [1.807, 2.05) is 30.3 Å². The van der Waals surface area contributed by atoms with Crippen LogP contribution in [0.15, 0.2) is 48.5 Å². The number of hydrogen-bond acceptors (Lipinski definition) is 2. The topological polar surface area (TPSA) is 38.3 Å². The van der Waals surface area contributed by atoms with Crippen molar-refractivity contribution in [3.8, 4) is 0 Å². The van der Waals surface area contributed by atoms with Crippen LogP contribution in [0.5, 0.6) is 0 Å². The Kier molecular flexibility index (Phi) is 4.90. The number of amides is 1. The SMILES string of the molecule is O=C(Nc1ccc(Cl)c(Cl)c1)C1(c2ccccc2)CCOCC1. The quantitative estimate of drug-likeness (QED) is 0.873. The third-order valence-corrected chi connectivity index (χ3v) is 5.02. The van der Waals surface area contributed by atoms with Crippen LogP contribution in [0, 0.1) is 0 Å². The molecule has 0 atom stereocenters. The monoisotopic (exact) mass is 349 g/mol. The number of nitrogens with one attached hydrogen (secondary N) is 1. The molecule has 3 rings (SSSR count). The van der Waals surface area contributed by atoms with E-state index < -0.39 is 5.41 Å². The lowest BCUT2D eigenvalue weighted by atomic mass is 9.73. The summed E-state index contributed by atoms with van der Waals surface area (Å²) in [6.07, 6.45) is 1.31. The highest BCUT2D eigenvalue weighted by atomic mass is 35.5. The number of carbonyl (C=O) groups is 1. The largest absolute Gasteiger partial charge is 0.381 e. The molecular weight excluding hydrogens is 333 g/mol. The van der Waals surface area contributed by atoms with Crippen molar-refractivity contribution in [2.45, 2.75) is 18.3 Å². The minimum Gasteiger partial charge on any atom is -0.381 e. The number of hydrogen-bond donors (Lipinski definition) is 1. The van der Waals surface area contributed by atoms with E-state index in [1.54, 1.807) is 18.2 Å². The molecule has 2 aromatic rings. The maximum atomic E-state index is 13.0. The molecule has 1 saturated heterocycles. The maximum absolute atomic E-state index is 13.0. The third kappa shape index (κ3) is 3.37. The fourth-order valence-corrected chi connectivity index (χ4v) is 3.25. The molecular formula is C18H17Cl2NO2. The Morgan fingerprint density at radius 3 is 2.35 bits per heavy atom. The van der Waals surface area contributed by atoms with Crippen LogP contribution >= 0.6 is 23.2 Å². The second-order valence-electron chi connectivity index (χ2n) is 5.64. The molecule has 120 valence electrons. The third-order valence-electron chi connectivity index (χ3n) is 4.28. The maximum Gasteiger partial charge on any atom is 0.235 e. The van der Waals surface area contributed by atoms with Gasteiger partial charge in [0.15, 0.2) is 0 Å². The molecule has 23 heavy (non-hydrogen) atoms. The summed E-state index contributed by atoms with van der Waals surface area (Å²) in [7, 11) is 0. The van der Waals surface area contributed by atoms with E-state index in [1.165, 1.54) is 0 Å². The normalized spacial score (nSPS) is 16.8. The van der Waals surface area contributed by atoms with Gasteiger partial charge in [0.25, 0.3) is 0 Å². The van der Waals surface area contributed by atoms with Crippen LogP contribution in [-0.2, 0) is 14.9 Å². The summed E-state index contributed by atoms with van der Waals surface area (Å²) in [4.78, 5) is 13.0. The van der Waals surface area contributed by atoms with Gasteiger partial charge in [-0.15, -0.1) is 0 Å². The first-order valence-electron chi connectivity index (χ1n) is 7.52. The zero-order chi connectivity index (χ0) is 16.3. The molecule has 0 radical (unpaired) electrons. The Labute approximate surface area is 145 Å². The molecule has 0 spiro atoms. The molecule has 2 aromatic carbocycles. The van der Waals surface area contributed by atoms with Crippen LogP contribution in [0.2, 0.25) is 10.0 Å². The molecule has 0 aliphatic carbocycles. The van der Waals surface area contributed by atoms with Gasteiger partial charge in [0.2, 0.25) is 5.91 Å². The van der Waals surface area contributed by atoms with Crippen molar-refractivity contribution in [2.75, 3.05) is 18.5 Å². The Morgan fingerprint density at radius 1 is 1.00 bits per heavy atom. The van der Waals surface area contributed by atoms with Gasteiger partial charge in [-0.25, -0.2) is 0 Å². The van der Waals surface area contributed by atoms with Crippen LogP contribution in [0.1, 0.15) is 18.4 Å². The molecule has 0 aromatic heterocycles. The molecule has 1 heterocycles. The minimum absolute atomic E-state index is 0.0367. The fraction of sp³-hybridized carbons (Fsp3) is 0.278. The van der Waals surface area contributed by atoms with Gasteiger partial charge in [-0.3, -0.25) is 4.79 Å².